The van der Waals surface area contributed by atoms with Crippen molar-refractivity contribution in [3.8, 4) is 0 Å². The van der Waals surface area contributed by atoms with Crippen molar-refractivity contribution in [2.24, 2.45) is 0 Å². The summed E-state index contributed by atoms with van der Waals surface area (Å²) in [6.45, 7) is 4.87. The Morgan fingerprint density at radius 3 is 2.23 bits per heavy atom. The number of benzene rings is 3. The molecule has 2 heterocycles. The second-order valence-electron chi connectivity index (χ2n) is 9.78. The molecule has 40 heavy (non-hydrogen) atoms. The number of nitrogens with zero attached hydrogens (tertiary/aromatic N) is 2. The van der Waals surface area contributed by atoms with E-state index in [9.17, 15) is 26.4 Å². The minimum atomic E-state index is -5.63. The molecule has 1 amide bonds. The number of sulfonamides is 1. The van der Waals surface area contributed by atoms with Crippen molar-refractivity contribution in [1.82, 2.24) is 9.80 Å². The van der Waals surface area contributed by atoms with E-state index >= 15 is 0 Å². The van der Waals surface area contributed by atoms with Gasteiger partial charge in [0.05, 0.1) is 11.3 Å². The number of anilines is 3. The third-order valence-electron chi connectivity index (χ3n) is 6.86. The lowest BCUT2D eigenvalue weighted by molar-refractivity contribution is -0.110. The summed E-state index contributed by atoms with van der Waals surface area (Å²) in [7, 11) is -3.52. The Balaban J connectivity index is 1.47. The van der Waals surface area contributed by atoms with Crippen LogP contribution >= 0.6 is 0 Å². The zero-order chi connectivity index (χ0) is 28.5. The van der Waals surface area contributed by atoms with Crippen molar-refractivity contribution in [2.75, 3.05) is 48.6 Å². The number of likely N-dealkylation sites (N-methyl/N-ethyl adjacent to an activating group) is 1. The molecule has 8 nitrogen and oxygen atoms in total. The molecule has 0 radical (unpaired) electrons. The van der Waals surface area contributed by atoms with Gasteiger partial charge in [0.25, 0.3) is 5.91 Å². The maximum atomic E-state index is 13.2. The van der Waals surface area contributed by atoms with E-state index in [0.29, 0.717) is 22.6 Å². The van der Waals surface area contributed by atoms with Crippen molar-refractivity contribution in [3.63, 3.8) is 0 Å². The van der Waals surface area contributed by atoms with E-state index in [4.69, 9.17) is 0 Å². The lowest BCUT2D eigenvalue weighted by Gasteiger charge is -2.32. The van der Waals surface area contributed by atoms with Crippen LogP contribution in [-0.4, -0.2) is 62.9 Å². The van der Waals surface area contributed by atoms with Gasteiger partial charge in [-0.25, -0.2) is 0 Å². The van der Waals surface area contributed by atoms with E-state index in [1.54, 1.807) is 29.0 Å². The Hall–Kier alpha value is -3.87. The maximum Gasteiger partial charge on any atom is 0.516 e. The van der Waals surface area contributed by atoms with Crippen LogP contribution in [0.1, 0.15) is 16.7 Å². The molecule has 3 N–H and O–H groups in total. The number of fused-ring (bicyclic) bond motifs is 1. The summed E-state index contributed by atoms with van der Waals surface area (Å²) in [5.74, 6) is -0.469. The van der Waals surface area contributed by atoms with E-state index in [1.165, 1.54) is 18.2 Å². The molecule has 0 unspecified atom stereocenters. The van der Waals surface area contributed by atoms with Crippen molar-refractivity contribution in [1.29, 1.82) is 0 Å². The highest BCUT2D eigenvalue weighted by atomic mass is 32.2. The van der Waals surface area contributed by atoms with Crippen molar-refractivity contribution in [3.05, 3.63) is 89.5 Å². The van der Waals surface area contributed by atoms with Crippen LogP contribution in [0.2, 0.25) is 0 Å². The molecule has 0 bridgehead atoms. The molecule has 0 aromatic heterocycles. The molecule has 0 spiro atoms. The topological polar surface area (TPSA) is 93.8 Å². The normalized spacial score (nSPS) is 17.8. The number of hydrogen-bond acceptors (Lipinski definition) is 6. The van der Waals surface area contributed by atoms with Gasteiger partial charge in [-0.1, -0.05) is 42.5 Å². The first-order chi connectivity index (χ1) is 19.0. The molecule has 12 heteroatoms. The smallest absolute Gasteiger partial charge is 0.354 e. The number of carbonyl (C=O) groups excluding carboxylic acids is 1. The molecule has 3 aromatic rings. The zero-order valence-corrected chi connectivity index (χ0v) is 22.4. The number of amides is 1. The second kappa shape index (κ2) is 11.0. The van der Waals surface area contributed by atoms with E-state index in [0.717, 1.165) is 38.3 Å². The molecule has 1 saturated heterocycles. The molecule has 0 aliphatic carbocycles. The van der Waals surface area contributed by atoms with Gasteiger partial charge in [0.2, 0.25) is 0 Å². The summed E-state index contributed by atoms with van der Waals surface area (Å²) < 4.78 is 63.8. The van der Waals surface area contributed by atoms with Crippen LogP contribution < -0.4 is 15.4 Å². The quantitative estimate of drug-likeness (QED) is 0.358. The molecule has 3 aromatic carbocycles. The molecule has 2 aliphatic heterocycles. The molecule has 0 atom stereocenters. The first-order valence-electron chi connectivity index (χ1n) is 12.6. The highest BCUT2D eigenvalue weighted by molar-refractivity contribution is 7.93. The Labute approximate surface area is 230 Å². The van der Waals surface area contributed by atoms with Gasteiger partial charge < -0.3 is 15.5 Å². The minimum Gasteiger partial charge on any atom is -0.354 e. The minimum absolute atomic E-state index is 0.177. The molecule has 2 aliphatic rings. The summed E-state index contributed by atoms with van der Waals surface area (Å²) in [5.41, 5.74) is -2.04. The summed E-state index contributed by atoms with van der Waals surface area (Å²) in [4.78, 5) is 17.8. The van der Waals surface area contributed by atoms with Gasteiger partial charge in [-0.3, -0.25) is 14.4 Å². The standard InChI is InChI=1S/C28H28F3N5O3S/c1-35-13-15-36(16-14-35)18-19-7-9-21(10-8-19)32-26(20-5-3-2-4-6-20)25-23-17-22(11-12-24(23)33-27(25)37)34-40(38,39)28(29,30)31/h2-12,17,32,34H,13-16,18H2,1H3,(H,33,37). The van der Waals surface area contributed by atoms with Gasteiger partial charge in [-0.15, -0.1) is 0 Å². The van der Waals surface area contributed by atoms with Crippen molar-refractivity contribution in [2.45, 2.75) is 12.1 Å². The highest BCUT2D eigenvalue weighted by Crippen LogP contribution is 2.39. The van der Waals surface area contributed by atoms with Crippen LogP contribution in [0.5, 0.6) is 0 Å². The largest absolute Gasteiger partial charge is 0.516 e. The second-order valence-corrected chi connectivity index (χ2v) is 11.5. The maximum absolute atomic E-state index is 13.2. The van der Waals surface area contributed by atoms with E-state index in [2.05, 4.69) is 27.5 Å². The SMILES string of the molecule is CN1CCN(Cc2ccc(NC(=C3C(=O)Nc4ccc(NS(=O)(=O)C(F)(F)F)cc43)c3ccccc3)cc2)CC1. The van der Waals surface area contributed by atoms with Crippen molar-refractivity contribution < 1.29 is 26.4 Å². The van der Waals surface area contributed by atoms with Crippen LogP contribution in [0.4, 0.5) is 30.2 Å². The molecule has 210 valence electrons. The summed E-state index contributed by atoms with van der Waals surface area (Å²) in [6.07, 6.45) is 0. The van der Waals surface area contributed by atoms with E-state index in [1.807, 2.05) is 30.3 Å². The summed E-state index contributed by atoms with van der Waals surface area (Å²) in [5, 5.41) is 6.03. The van der Waals surface area contributed by atoms with Crippen LogP contribution in [0.3, 0.4) is 0 Å². The van der Waals surface area contributed by atoms with E-state index in [-0.39, 0.29) is 16.8 Å². The third-order valence-corrected chi connectivity index (χ3v) is 7.97. The van der Waals surface area contributed by atoms with Gasteiger partial charge >= 0.3 is 15.5 Å². The highest BCUT2D eigenvalue weighted by Gasteiger charge is 2.46. The zero-order valence-electron chi connectivity index (χ0n) is 21.6. The lowest BCUT2D eigenvalue weighted by atomic mass is 9.99. The molecular formula is C28H28F3N5O3S. The number of nitrogens with one attached hydrogen (secondary N) is 3. The van der Waals surface area contributed by atoms with Gasteiger partial charge in [-0.05, 0) is 48.5 Å². The molecule has 0 saturated carbocycles. The number of piperazine rings is 1. The average Bonchev–Trinajstić information content (AvgIpc) is 3.24. The number of halogens is 3. The monoisotopic (exact) mass is 571 g/mol. The van der Waals surface area contributed by atoms with Gasteiger partial charge in [0.1, 0.15) is 0 Å². The first kappa shape index (κ1) is 27.7. The predicted molar refractivity (Wildman–Crippen MR) is 150 cm³/mol. The van der Waals surface area contributed by atoms with Crippen LogP contribution in [0.25, 0.3) is 11.3 Å². The first-order valence-corrected chi connectivity index (χ1v) is 14.1. The fourth-order valence-electron chi connectivity index (χ4n) is 4.68. The predicted octanol–water partition coefficient (Wildman–Crippen LogP) is 4.63. The number of rotatable bonds is 7. The lowest BCUT2D eigenvalue weighted by Crippen LogP contribution is -2.43. The van der Waals surface area contributed by atoms with Crippen LogP contribution in [0.15, 0.2) is 72.8 Å². The van der Waals surface area contributed by atoms with Gasteiger partial charge in [-0.2, -0.15) is 21.6 Å². The summed E-state index contributed by atoms with van der Waals surface area (Å²) in [6, 6.07) is 20.6. The molecular weight excluding hydrogens is 543 g/mol. The van der Waals surface area contributed by atoms with Gasteiger partial charge in [0.15, 0.2) is 0 Å². The fraction of sp³-hybridized carbons (Fsp3) is 0.250. The number of alkyl halides is 3. The Morgan fingerprint density at radius 1 is 0.925 bits per heavy atom. The number of carbonyl (C=O) groups is 1. The Kier molecular flexibility index (Phi) is 7.58. The van der Waals surface area contributed by atoms with Crippen LogP contribution in [0, 0.1) is 0 Å². The van der Waals surface area contributed by atoms with E-state index < -0.39 is 21.4 Å². The Morgan fingerprint density at radius 2 is 1.57 bits per heavy atom. The molecule has 5 rings (SSSR count). The van der Waals surface area contributed by atoms with Crippen molar-refractivity contribution >= 4 is 44.3 Å². The van der Waals surface area contributed by atoms with Gasteiger partial charge in [0, 0.05) is 55.3 Å². The average molecular weight is 572 g/mol. The molecule has 1 fully saturated rings. The summed E-state index contributed by atoms with van der Waals surface area (Å²) >= 11 is 0. The number of hydrogen-bond donors (Lipinski definition) is 3. The fourth-order valence-corrected chi connectivity index (χ4v) is 5.23. The third kappa shape index (κ3) is 5.98. The Bertz CT molecular complexity index is 1530. The van der Waals surface area contributed by atoms with Crippen LogP contribution in [-0.2, 0) is 21.4 Å².